The van der Waals surface area contributed by atoms with E-state index in [4.69, 9.17) is 4.74 Å². The molecule has 1 aliphatic heterocycles. The summed E-state index contributed by atoms with van der Waals surface area (Å²) in [5.41, 5.74) is 2.46. The van der Waals surface area contributed by atoms with E-state index in [2.05, 4.69) is 6.07 Å². The molecule has 1 heterocycles. The first kappa shape index (κ1) is 14.0. The normalized spacial score (nSPS) is 13.9. The summed E-state index contributed by atoms with van der Waals surface area (Å²) in [5, 5.41) is 0. The van der Waals surface area contributed by atoms with Gasteiger partial charge in [0, 0.05) is 6.42 Å². The summed E-state index contributed by atoms with van der Waals surface area (Å²) in [7, 11) is 0. The van der Waals surface area contributed by atoms with Gasteiger partial charge in [-0.3, -0.25) is 0 Å². The first-order valence-corrected chi connectivity index (χ1v) is 6.93. The molecule has 1 nitrogen and oxygen atoms in total. The minimum atomic E-state index is -4.28. The highest BCUT2D eigenvalue weighted by atomic mass is 19.4. The highest BCUT2D eigenvalue weighted by molar-refractivity contribution is 5.40. The van der Waals surface area contributed by atoms with Crippen molar-refractivity contribution in [3.8, 4) is 5.75 Å². The Balaban J connectivity index is 1.70. The van der Waals surface area contributed by atoms with Crippen LogP contribution in [0.5, 0.6) is 5.75 Å². The summed E-state index contributed by atoms with van der Waals surface area (Å²) in [6, 6.07) is 11.6. The van der Waals surface area contributed by atoms with Gasteiger partial charge in [0.1, 0.15) is 5.75 Å². The number of hydrogen-bond acceptors (Lipinski definition) is 1. The summed E-state index contributed by atoms with van der Waals surface area (Å²) in [4.78, 5) is 0. The second-order valence-corrected chi connectivity index (χ2v) is 5.24. The van der Waals surface area contributed by atoms with E-state index in [1.165, 1.54) is 17.7 Å². The van der Waals surface area contributed by atoms with E-state index in [1.54, 1.807) is 6.07 Å². The molecule has 21 heavy (non-hydrogen) atoms. The van der Waals surface area contributed by atoms with Crippen LogP contribution >= 0.6 is 0 Å². The first-order chi connectivity index (χ1) is 10.0. The van der Waals surface area contributed by atoms with Crippen molar-refractivity contribution in [2.45, 2.75) is 25.4 Å². The van der Waals surface area contributed by atoms with Crippen molar-refractivity contribution >= 4 is 0 Å². The Morgan fingerprint density at radius 2 is 1.71 bits per heavy atom. The van der Waals surface area contributed by atoms with Gasteiger partial charge < -0.3 is 4.74 Å². The summed E-state index contributed by atoms with van der Waals surface area (Å²) in [6.45, 7) is 0.715. The molecule has 2 aromatic rings. The van der Waals surface area contributed by atoms with Crippen molar-refractivity contribution in [1.29, 1.82) is 0 Å². The SMILES string of the molecule is FC(F)(F)c1cccc(CCc2ccc3c(c2)CCO3)c1. The maximum atomic E-state index is 12.7. The molecular formula is C17H15F3O. The van der Waals surface area contributed by atoms with Crippen LogP contribution in [0.1, 0.15) is 22.3 Å². The standard InChI is InChI=1S/C17H15F3O/c18-17(19,20)15-3-1-2-12(11-15)4-5-13-6-7-16-14(10-13)8-9-21-16/h1-3,6-7,10-11H,4-5,8-9H2. The van der Waals surface area contributed by atoms with Gasteiger partial charge in [0.15, 0.2) is 0 Å². The van der Waals surface area contributed by atoms with Crippen LogP contribution in [0.2, 0.25) is 0 Å². The van der Waals surface area contributed by atoms with Crippen molar-refractivity contribution in [3.05, 3.63) is 64.7 Å². The zero-order chi connectivity index (χ0) is 14.9. The first-order valence-electron chi connectivity index (χ1n) is 6.93. The van der Waals surface area contributed by atoms with Crippen LogP contribution in [0.15, 0.2) is 42.5 Å². The van der Waals surface area contributed by atoms with Gasteiger partial charge in [-0.2, -0.15) is 13.2 Å². The average molecular weight is 292 g/mol. The second-order valence-electron chi connectivity index (χ2n) is 5.24. The van der Waals surface area contributed by atoms with Crippen LogP contribution in [-0.2, 0) is 25.4 Å². The monoisotopic (exact) mass is 292 g/mol. The molecule has 0 aliphatic carbocycles. The van der Waals surface area contributed by atoms with Gasteiger partial charge in [0.05, 0.1) is 12.2 Å². The number of rotatable bonds is 3. The lowest BCUT2D eigenvalue weighted by Gasteiger charge is -2.09. The minimum absolute atomic E-state index is 0.581. The molecule has 0 N–H and O–H groups in total. The van der Waals surface area contributed by atoms with E-state index in [0.717, 1.165) is 30.2 Å². The van der Waals surface area contributed by atoms with Gasteiger partial charge in [-0.15, -0.1) is 0 Å². The molecule has 3 rings (SSSR count). The van der Waals surface area contributed by atoms with Crippen molar-refractivity contribution in [2.24, 2.45) is 0 Å². The minimum Gasteiger partial charge on any atom is -0.493 e. The Morgan fingerprint density at radius 3 is 2.48 bits per heavy atom. The number of halogens is 3. The zero-order valence-electron chi connectivity index (χ0n) is 11.4. The fourth-order valence-corrected chi connectivity index (χ4v) is 2.59. The van der Waals surface area contributed by atoms with E-state index < -0.39 is 11.7 Å². The molecule has 1 aliphatic rings. The van der Waals surface area contributed by atoms with Crippen molar-refractivity contribution in [1.82, 2.24) is 0 Å². The van der Waals surface area contributed by atoms with Crippen molar-refractivity contribution in [3.63, 3.8) is 0 Å². The van der Waals surface area contributed by atoms with Crippen molar-refractivity contribution in [2.75, 3.05) is 6.61 Å². The Bertz CT molecular complexity index is 647. The van der Waals surface area contributed by atoms with Crippen LogP contribution in [0.4, 0.5) is 13.2 Å². The number of hydrogen-bond donors (Lipinski definition) is 0. The zero-order valence-corrected chi connectivity index (χ0v) is 11.4. The predicted molar refractivity (Wildman–Crippen MR) is 74.5 cm³/mol. The number of ether oxygens (including phenoxy) is 1. The highest BCUT2D eigenvalue weighted by Gasteiger charge is 2.30. The summed E-state index contributed by atoms with van der Waals surface area (Å²) in [5.74, 6) is 0.929. The quantitative estimate of drug-likeness (QED) is 0.813. The van der Waals surface area contributed by atoms with E-state index in [1.807, 2.05) is 12.1 Å². The Morgan fingerprint density at radius 1 is 0.952 bits per heavy atom. The maximum Gasteiger partial charge on any atom is 0.416 e. The summed E-state index contributed by atoms with van der Waals surface area (Å²) in [6.07, 6.45) is -2.04. The van der Waals surface area contributed by atoms with Crippen LogP contribution in [0, 0.1) is 0 Å². The topological polar surface area (TPSA) is 9.23 Å². The fourth-order valence-electron chi connectivity index (χ4n) is 2.59. The lowest BCUT2D eigenvalue weighted by Crippen LogP contribution is -2.05. The number of alkyl halides is 3. The van der Waals surface area contributed by atoms with Gasteiger partial charge in [-0.25, -0.2) is 0 Å². The lowest BCUT2D eigenvalue weighted by atomic mass is 10.0. The molecule has 0 saturated heterocycles. The number of fused-ring (bicyclic) bond motifs is 1. The molecule has 0 bridgehead atoms. The van der Waals surface area contributed by atoms with Crippen LogP contribution in [-0.4, -0.2) is 6.61 Å². The summed E-state index contributed by atoms with van der Waals surface area (Å²) < 4.78 is 43.4. The third-order valence-electron chi connectivity index (χ3n) is 3.71. The molecule has 0 fully saturated rings. The molecule has 0 unspecified atom stereocenters. The predicted octanol–water partition coefficient (Wildman–Crippen LogP) is 4.43. The van der Waals surface area contributed by atoms with Crippen LogP contribution in [0.3, 0.4) is 0 Å². The molecule has 0 atom stereocenters. The van der Waals surface area contributed by atoms with Crippen molar-refractivity contribution < 1.29 is 17.9 Å². The highest BCUT2D eigenvalue weighted by Crippen LogP contribution is 2.30. The number of benzene rings is 2. The summed E-state index contributed by atoms with van der Waals surface area (Å²) >= 11 is 0. The fraction of sp³-hybridized carbons (Fsp3) is 0.294. The lowest BCUT2D eigenvalue weighted by molar-refractivity contribution is -0.137. The van der Waals surface area contributed by atoms with E-state index in [0.29, 0.717) is 18.6 Å². The molecule has 0 amide bonds. The second kappa shape index (κ2) is 5.43. The third kappa shape index (κ3) is 3.20. The molecule has 0 radical (unpaired) electrons. The molecule has 0 saturated carbocycles. The molecule has 4 heteroatoms. The van der Waals surface area contributed by atoms with Gasteiger partial charge in [0.25, 0.3) is 0 Å². The van der Waals surface area contributed by atoms with Gasteiger partial charge in [-0.05, 0) is 41.7 Å². The Labute approximate surface area is 121 Å². The third-order valence-corrected chi connectivity index (χ3v) is 3.71. The largest absolute Gasteiger partial charge is 0.493 e. The Hall–Kier alpha value is -1.97. The van der Waals surface area contributed by atoms with E-state index >= 15 is 0 Å². The smallest absolute Gasteiger partial charge is 0.416 e. The number of aryl methyl sites for hydroxylation is 2. The van der Waals surface area contributed by atoms with Gasteiger partial charge in [-0.1, -0.05) is 30.3 Å². The van der Waals surface area contributed by atoms with E-state index in [-0.39, 0.29) is 0 Å². The molecule has 2 aromatic carbocycles. The molecule has 110 valence electrons. The molecule has 0 aromatic heterocycles. The Kier molecular flexibility index (Phi) is 3.62. The van der Waals surface area contributed by atoms with E-state index in [9.17, 15) is 13.2 Å². The van der Waals surface area contributed by atoms with Crippen LogP contribution in [0.25, 0.3) is 0 Å². The molecular weight excluding hydrogens is 277 g/mol. The van der Waals surface area contributed by atoms with Gasteiger partial charge in [0.2, 0.25) is 0 Å². The maximum absolute atomic E-state index is 12.7. The molecule has 0 spiro atoms. The average Bonchev–Trinajstić information content (AvgIpc) is 2.92. The van der Waals surface area contributed by atoms with Gasteiger partial charge >= 0.3 is 6.18 Å². The van der Waals surface area contributed by atoms with Crippen LogP contribution < -0.4 is 4.74 Å².